The monoisotopic (exact) mass is 388 g/mol. The number of para-hydroxylation sites is 1. The Bertz CT molecular complexity index is 942. The van der Waals surface area contributed by atoms with Crippen LogP contribution in [0.3, 0.4) is 0 Å². The first-order valence-electron chi connectivity index (χ1n) is 8.02. The number of rotatable bonds is 5. The number of carbonyl (C=O) groups is 2. The second-order valence-electron chi connectivity index (χ2n) is 5.95. The summed E-state index contributed by atoms with van der Waals surface area (Å²) in [6.07, 6.45) is 1.96. The summed E-state index contributed by atoms with van der Waals surface area (Å²) in [4.78, 5) is 29.0. The van der Waals surface area contributed by atoms with Crippen molar-refractivity contribution in [2.75, 3.05) is 25.2 Å². The maximum atomic E-state index is 12.7. The molecule has 0 bridgehead atoms. The number of aromatic nitrogens is 2. The third kappa shape index (κ3) is 3.61. The SMILES string of the molecule is CSc1ccccc1NC(=O)CN(C)C(=O)c1cc2c(C)nn(C)c2s1. The standard InChI is InChI=1S/C18H20N4O2S2/c1-11-12-9-15(26-18(12)22(3)20-11)17(24)21(2)10-16(23)19-13-7-5-6-8-14(13)25-4/h5-9H,10H2,1-4H3,(H,19,23). The third-order valence-electron chi connectivity index (χ3n) is 4.02. The van der Waals surface area contributed by atoms with E-state index in [0.717, 1.165) is 26.5 Å². The average Bonchev–Trinajstić information content (AvgIpc) is 3.16. The van der Waals surface area contributed by atoms with Gasteiger partial charge in [0.05, 0.1) is 22.8 Å². The molecule has 2 heterocycles. The minimum atomic E-state index is -0.221. The van der Waals surface area contributed by atoms with E-state index < -0.39 is 0 Å². The topological polar surface area (TPSA) is 67.2 Å². The number of thioether (sulfide) groups is 1. The molecular formula is C18H20N4O2S2. The van der Waals surface area contributed by atoms with Crippen LogP contribution >= 0.6 is 23.1 Å². The Kier molecular flexibility index (Phi) is 5.33. The molecule has 1 aromatic carbocycles. The van der Waals surface area contributed by atoms with E-state index >= 15 is 0 Å². The van der Waals surface area contributed by atoms with Crippen molar-refractivity contribution in [3.63, 3.8) is 0 Å². The number of hydrogen-bond donors (Lipinski definition) is 1. The molecule has 2 aromatic heterocycles. The molecule has 0 fully saturated rings. The summed E-state index contributed by atoms with van der Waals surface area (Å²) < 4.78 is 1.78. The molecular weight excluding hydrogens is 368 g/mol. The number of likely N-dealkylation sites (N-methyl/N-ethyl adjacent to an activating group) is 1. The number of amides is 2. The van der Waals surface area contributed by atoms with E-state index in [2.05, 4.69) is 10.4 Å². The number of anilines is 1. The number of nitrogens with zero attached hydrogens (tertiary/aromatic N) is 3. The molecule has 0 saturated heterocycles. The van der Waals surface area contributed by atoms with Crippen molar-refractivity contribution >= 4 is 50.8 Å². The van der Waals surface area contributed by atoms with Gasteiger partial charge in [0, 0.05) is 24.4 Å². The lowest BCUT2D eigenvalue weighted by Gasteiger charge is -2.16. The Balaban J connectivity index is 1.70. The van der Waals surface area contributed by atoms with E-state index in [1.54, 1.807) is 23.5 Å². The highest BCUT2D eigenvalue weighted by molar-refractivity contribution is 7.98. The van der Waals surface area contributed by atoms with Gasteiger partial charge in [0.15, 0.2) is 0 Å². The first kappa shape index (κ1) is 18.5. The lowest BCUT2D eigenvalue weighted by molar-refractivity contribution is -0.116. The highest BCUT2D eigenvalue weighted by atomic mass is 32.2. The average molecular weight is 389 g/mol. The van der Waals surface area contributed by atoms with Gasteiger partial charge in [-0.1, -0.05) is 12.1 Å². The Hall–Kier alpha value is -2.32. The summed E-state index contributed by atoms with van der Waals surface area (Å²) in [5.41, 5.74) is 1.65. The van der Waals surface area contributed by atoms with Gasteiger partial charge in [-0.3, -0.25) is 14.3 Å². The first-order chi connectivity index (χ1) is 12.4. The van der Waals surface area contributed by atoms with Crippen LogP contribution in [-0.2, 0) is 11.8 Å². The molecule has 26 heavy (non-hydrogen) atoms. The van der Waals surface area contributed by atoms with Gasteiger partial charge in [0.1, 0.15) is 4.83 Å². The van der Waals surface area contributed by atoms with E-state index in [0.29, 0.717) is 4.88 Å². The number of nitrogens with one attached hydrogen (secondary N) is 1. The molecule has 0 atom stereocenters. The van der Waals surface area contributed by atoms with Gasteiger partial charge in [-0.05, 0) is 31.4 Å². The van der Waals surface area contributed by atoms with Crippen molar-refractivity contribution in [2.45, 2.75) is 11.8 Å². The molecule has 6 nitrogen and oxygen atoms in total. The fraction of sp³-hybridized carbons (Fsp3) is 0.278. The van der Waals surface area contributed by atoms with Crippen molar-refractivity contribution in [3.05, 3.63) is 40.9 Å². The molecule has 1 N–H and O–H groups in total. The van der Waals surface area contributed by atoms with Crippen LogP contribution in [0.5, 0.6) is 0 Å². The number of aryl methyl sites for hydroxylation is 2. The number of fused-ring (bicyclic) bond motifs is 1. The zero-order valence-electron chi connectivity index (χ0n) is 15.1. The Morgan fingerprint density at radius 2 is 2.08 bits per heavy atom. The molecule has 0 aliphatic heterocycles. The Morgan fingerprint density at radius 3 is 2.77 bits per heavy atom. The third-order valence-corrected chi connectivity index (χ3v) is 6.00. The van der Waals surface area contributed by atoms with Crippen LogP contribution < -0.4 is 5.32 Å². The fourth-order valence-electron chi connectivity index (χ4n) is 2.72. The van der Waals surface area contributed by atoms with Gasteiger partial charge in [-0.15, -0.1) is 23.1 Å². The first-order valence-corrected chi connectivity index (χ1v) is 10.1. The molecule has 2 amide bonds. The van der Waals surface area contributed by atoms with Crippen molar-refractivity contribution in [2.24, 2.45) is 7.05 Å². The van der Waals surface area contributed by atoms with Gasteiger partial charge in [0.25, 0.3) is 5.91 Å². The van der Waals surface area contributed by atoms with Gasteiger partial charge in [-0.25, -0.2) is 0 Å². The van der Waals surface area contributed by atoms with E-state index in [1.807, 2.05) is 50.6 Å². The van der Waals surface area contributed by atoms with Crippen LogP contribution in [-0.4, -0.2) is 46.3 Å². The minimum Gasteiger partial charge on any atom is -0.332 e. The van der Waals surface area contributed by atoms with Gasteiger partial charge >= 0.3 is 0 Å². The number of hydrogen-bond acceptors (Lipinski definition) is 5. The van der Waals surface area contributed by atoms with Crippen molar-refractivity contribution in [3.8, 4) is 0 Å². The van der Waals surface area contributed by atoms with E-state index in [9.17, 15) is 9.59 Å². The molecule has 3 aromatic rings. The molecule has 3 rings (SSSR count). The lowest BCUT2D eigenvalue weighted by Crippen LogP contribution is -2.34. The van der Waals surface area contributed by atoms with Crippen LogP contribution in [0.2, 0.25) is 0 Å². The maximum Gasteiger partial charge on any atom is 0.264 e. The van der Waals surface area contributed by atoms with E-state index in [-0.39, 0.29) is 18.4 Å². The molecule has 0 radical (unpaired) electrons. The summed E-state index contributed by atoms with van der Waals surface area (Å²) >= 11 is 2.96. The quantitative estimate of drug-likeness (QED) is 0.681. The van der Waals surface area contributed by atoms with Crippen LogP contribution in [0, 0.1) is 6.92 Å². The maximum absolute atomic E-state index is 12.7. The second kappa shape index (κ2) is 7.51. The molecule has 0 aliphatic rings. The van der Waals surface area contributed by atoms with Crippen LogP contribution in [0.25, 0.3) is 10.2 Å². The summed E-state index contributed by atoms with van der Waals surface area (Å²) in [6, 6.07) is 9.45. The zero-order chi connectivity index (χ0) is 18.8. The molecule has 0 spiro atoms. The lowest BCUT2D eigenvalue weighted by atomic mass is 10.3. The zero-order valence-corrected chi connectivity index (χ0v) is 16.7. The predicted molar refractivity (Wildman–Crippen MR) is 107 cm³/mol. The van der Waals surface area contributed by atoms with Crippen LogP contribution in [0.4, 0.5) is 5.69 Å². The summed E-state index contributed by atoms with van der Waals surface area (Å²) in [7, 11) is 3.50. The molecule has 136 valence electrons. The highest BCUT2D eigenvalue weighted by Crippen LogP contribution is 2.28. The number of thiophene rings is 1. The highest BCUT2D eigenvalue weighted by Gasteiger charge is 2.20. The summed E-state index contributed by atoms with van der Waals surface area (Å²) in [6.45, 7) is 1.91. The van der Waals surface area contributed by atoms with Crippen LogP contribution in [0.1, 0.15) is 15.4 Å². The minimum absolute atomic E-state index is 0.00692. The van der Waals surface area contributed by atoms with Gasteiger partial charge in [-0.2, -0.15) is 5.10 Å². The smallest absolute Gasteiger partial charge is 0.264 e. The molecule has 0 aliphatic carbocycles. The van der Waals surface area contributed by atoms with E-state index in [4.69, 9.17) is 0 Å². The van der Waals surface area contributed by atoms with Gasteiger partial charge in [0.2, 0.25) is 5.91 Å². The predicted octanol–water partition coefficient (Wildman–Crippen LogP) is 3.38. The normalized spacial score (nSPS) is 10.9. The fourth-order valence-corrected chi connectivity index (χ4v) is 4.40. The van der Waals surface area contributed by atoms with Crippen LogP contribution in [0.15, 0.2) is 35.2 Å². The van der Waals surface area contributed by atoms with E-state index in [1.165, 1.54) is 16.2 Å². The largest absolute Gasteiger partial charge is 0.332 e. The van der Waals surface area contributed by atoms with Crippen molar-refractivity contribution in [1.29, 1.82) is 0 Å². The number of benzene rings is 1. The molecule has 0 saturated carbocycles. The van der Waals surface area contributed by atoms with Crippen molar-refractivity contribution in [1.82, 2.24) is 14.7 Å². The second-order valence-corrected chi connectivity index (χ2v) is 7.83. The van der Waals surface area contributed by atoms with Gasteiger partial charge < -0.3 is 10.2 Å². The van der Waals surface area contributed by atoms with Crippen molar-refractivity contribution < 1.29 is 9.59 Å². The Labute approximate surface area is 160 Å². The number of carbonyl (C=O) groups excluding carboxylic acids is 2. The molecule has 0 unspecified atom stereocenters. The Morgan fingerprint density at radius 1 is 1.35 bits per heavy atom. The summed E-state index contributed by atoms with van der Waals surface area (Å²) in [5, 5.41) is 8.20. The molecule has 8 heteroatoms. The summed E-state index contributed by atoms with van der Waals surface area (Å²) in [5.74, 6) is -0.389.